The Morgan fingerprint density at radius 1 is 1.17 bits per heavy atom. The minimum Gasteiger partial charge on any atom is -0.460 e. The van der Waals surface area contributed by atoms with E-state index in [9.17, 15) is 35.4 Å². The van der Waals surface area contributed by atoms with E-state index in [1.54, 1.807) is 13.8 Å². The molecule has 0 amide bonds. The van der Waals surface area contributed by atoms with Crippen molar-refractivity contribution in [1.29, 1.82) is 0 Å². The average molecular weight is 410 g/mol. The highest BCUT2D eigenvalue weighted by atomic mass is 16.7. The quantitative estimate of drug-likeness (QED) is 0.196. The van der Waals surface area contributed by atoms with Gasteiger partial charge in [-0.3, -0.25) is 0 Å². The van der Waals surface area contributed by atoms with E-state index < -0.39 is 70.5 Å². The lowest BCUT2D eigenvalue weighted by Gasteiger charge is -2.69. The van der Waals surface area contributed by atoms with Gasteiger partial charge >= 0.3 is 5.97 Å². The van der Waals surface area contributed by atoms with Gasteiger partial charge in [0.05, 0.1) is 24.2 Å². The summed E-state index contributed by atoms with van der Waals surface area (Å²) in [5.74, 6) is -4.92. The summed E-state index contributed by atoms with van der Waals surface area (Å²) in [6, 6.07) is 0. The summed E-state index contributed by atoms with van der Waals surface area (Å²) >= 11 is 0. The van der Waals surface area contributed by atoms with E-state index in [2.05, 4.69) is 6.58 Å². The summed E-state index contributed by atoms with van der Waals surface area (Å²) in [5, 5.41) is 66.3. The molecule has 0 radical (unpaired) electrons. The monoisotopic (exact) mass is 410 g/mol. The highest BCUT2D eigenvalue weighted by Gasteiger charge is 2.87. The van der Waals surface area contributed by atoms with Crippen LogP contribution in [0.25, 0.3) is 0 Å². The van der Waals surface area contributed by atoms with Crippen molar-refractivity contribution in [2.45, 2.75) is 62.2 Å². The summed E-state index contributed by atoms with van der Waals surface area (Å²) in [6.45, 7) is 6.79. The van der Waals surface area contributed by atoms with Gasteiger partial charge in [-0.1, -0.05) is 25.2 Å². The van der Waals surface area contributed by atoms with Gasteiger partial charge in [0.2, 0.25) is 5.79 Å². The first-order valence-electron chi connectivity index (χ1n) is 9.77. The molecule has 0 aromatic rings. The predicted molar refractivity (Wildman–Crippen MR) is 94.8 cm³/mol. The van der Waals surface area contributed by atoms with Gasteiger partial charge < -0.3 is 40.1 Å². The predicted octanol–water partition coefficient (Wildman–Crippen LogP) is -2.04. The van der Waals surface area contributed by atoms with Gasteiger partial charge in [-0.05, 0) is 24.8 Å². The molecule has 11 atom stereocenters. The molecule has 2 heterocycles. The van der Waals surface area contributed by atoms with Gasteiger partial charge in [0.25, 0.3) is 0 Å². The van der Waals surface area contributed by atoms with E-state index in [-0.39, 0.29) is 18.6 Å². The van der Waals surface area contributed by atoms with E-state index in [0.29, 0.717) is 0 Å². The molecule has 2 bridgehead atoms. The van der Waals surface area contributed by atoms with E-state index in [1.165, 1.54) is 6.08 Å². The maximum absolute atomic E-state index is 12.4. The van der Waals surface area contributed by atoms with Crippen molar-refractivity contribution in [2.75, 3.05) is 6.61 Å². The average Bonchev–Trinajstić information content (AvgIpc) is 2.98. The summed E-state index contributed by atoms with van der Waals surface area (Å²) in [4.78, 5) is 12.4. The van der Waals surface area contributed by atoms with Crippen LogP contribution in [0.1, 0.15) is 20.3 Å². The van der Waals surface area contributed by atoms with Gasteiger partial charge in [0.15, 0.2) is 6.10 Å². The Kier molecular flexibility index (Phi) is 3.58. The number of fused-ring (bicyclic) bond motifs is 1. The molecule has 9 heteroatoms. The lowest BCUT2D eigenvalue weighted by molar-refractivity contribution is -0.343. The molecular formula is C20H26O9. The number of carbonyl (C=O) groups excluding carboxylic acids is 1. The van der Waals surface area contributed by atoms with Crippen molar-refractivity contribution >= 4 is 5.97 Å². The molecule has 1 spiro atoms. The van der Waals surface area contributed by atoms with Crippen molar-refractivity contribution < 1.29 is 44.9 Å². The molecule has 4 fully saturated rings. The summed E-state index contributed by atoms with van der Waals surface area (Å²) in [6.07, 6.45) is -5.73. The molecule has 2 saturated heterocycles. The van der Waals surface area contributed by atoms with E-state index in [0.717, 1.165) is 5.57 Å². The molecule has 9 nitrogen and oxygen atoms in total. The van der Waals surface area contributed by atoms with Crippen molar-refractivity contribution in [3.63, 3.8) is 0 Å². The second kappa shape index (κ2) is 5.28. The Morgan fingerprint density at radius 3 is 2.48 bits per heavy atom. The first-order chi connectivity index (χ1) is 13.4. The van der Waals surface area contributed by atoms with Crippen LogP contribution in [-0.2, 0) is 14.3 Å². The van der Waals surface area contributed by atoms with Crippen LogP contribution in [-0.4, -0.2) is 85.1 Å². The maximum atomic E-state index is 12.4. The standard InChI is InChI=1S/C20H26O9/c1-7-4-10(21)13(23)17(3)9(7)5-11-18-6-28-20(27,16(17)18)12(22)8(2)19(18,26)14(24)15(25)29-11/h4,9-14,16,21-24,26-27H,2,5-6H2,1,3H3/t9-,10-,11+,12+,13+,14-,16+,17+,18+,19?,20-/m0/s1. The fourth-order valence-electron chi connectivity index (χ4n) is 7.36. The van der Waals surface area contributed by atoms with E-state index >= 15 is 0 Å². The Morgan fingerprint density at radius 2 is 1.83 bits per heavy atom. The third-order valence-corrected chi connectivity index (χ3v) is 8.61. The number of ether oxygens (including phenoxy) is 2. The highest BCUT2D eigenvalue weighted by molar-refractivity contribution is 5.79. The van der Waals surface area contributed by atoms with Crippen molar-refractivity contribution in [3.05, 3.63) is 23.8 Å². The molecule has 1 unspecified atom stereocenters. The Balaban J connectivity index is 1.84. The zero-order chi connectivity index (χ0) is 21.3. The largest absolute Gasteiger partial charge is 0.460 e. The molecule has 0 aromatic carbocycles. The van der Waals surface area contributed by atoms with Crippen LogP contribution in [0, 0.1) is 22.7 Å². The first-order valence-corrected chi connectivity index (χ1v) is 9.77. The molecule has 2 aliphatic heterocycles. The van der Waals surface area contributed by atoms with Crippen LogP contribution < -0.4 is 0 Å². The molecule has 29 heavy (non-hydrogen) atoms. The highest BCUT2D eigenvalue weighted by Crippen LogP contribution is 2.74. The molecule has 160 valence electrons. The van der Waals surface area contributed by atoms with E-state index in [4.69, 9.17) is 9.47 Å². The Bertz CT molecular complexity index is 855. The lowest BCUT2D eigenvalue weighted by Crippen LogP contribution is -2.83. The number of hydrogen-bond acceptors (Lipinski definition) is 9. The van der Waals surface area contributed by atoms with Crippen LogP contribution in [0.15, 0.2) is 23.8 Å². The zero-order valence-corrected chi connectivity index (χ0v) is 16.1. The molecule has 6 N–H and O–H groups in total. The minimum atomic E-state index is -2.34. The summed E-state index contributed by atoms with van der Waals surface area (Å²) in [5.41, 5.74) is -4.77. The van der Waals surface area contributed by atoms with Crippen molar-refractivity contribution in [1.82, 2.24) is 0 Å². The number of allylic oxidation sites excluding steroid dienone is 1. The minimum absolute atomic E-state index is 0.183. The second-order valence-corrected chi connectivity index (χ2v) is 9.54. The number of aliphatic hydroxyl groups is 6. The number of aliphatic hydroxyl groups excluding tert-OH is 4. The third-order valence-electron chi connectivity index (χ3n) is 8.61. The lowest BCUT2D eigenvalue weighted by atomic mass is 9.37. The number of hydrogen-bond donors (Lipinski definition) is 6. The number of esters is 1. The number of rotatable bonds is 0. The molecule has 5 aliphatic rings. The molecule has 5 rings (SSSR count). The van der Waals surface area contributed by atoms with Gasteiger partial charge in [-0.15, -0.1) is 0 Å². The van der Waals surface area contributed by atoms with Gasteiger partial charge in [0, 0.05) is 11.3 Å². The fraction of sp³-hybridized carbons (Fsp3) is 0.750. The topological polar surface area (TPSA) is 157 Å². The number of carbonyl (C=O) groups is 1. The Labute approximate surface area is 166 Å². The van der Waals surface area contributed by atoms with Crippen molar-refractivity contribution in [2.24, 2.45) is 22.7 Å². The summed E-state index contributed by atoms with van der Waals surface area (Å²) < 4.78 is 11.2. The molecular weight excluding hydrogens is 384 g/mol. The Hall–Kier alpha value is -1.33. The third kappa shape index (κ3) is 1.74. The SMILES string of the molecule is C=C1[C@@H](O)[C@]2(O)OC[C@]34[C@H]2[C@@]2(C)[C@H](O)[C@@H](O)C=C(C)[C@@H]2C[C@H]3OC(=O)[C@H](O)C14O. The van der Waals surface area contributed by atoms with Crippen LogP contribution in [0.3, 0.4) is 0 Å². The molecule has 2 saturated carbocycles. The van der Waals surface area contributed by atoms with E-state index in [1.807, 2.05) is 0 Å². The van der Waals surface area contributed by atoms with Crippen LogP contribution in [0.2, 0.25) is 0 Å². The maximum Gasteiger partial charge on any atom is 0.338 e. The molecule has 3 aliphatic carbocycles. The molecule has 0 aromatic heterocycles. The normalized spacial score (nSPS) is 60.8. The van der Waals surface area contributed by atoms with Crippen LogP contribution >= 0.6 is 0 Å². The van der Waals surface area contributed by atoms with Gasteiger partial charge in [0.1, 0.15) is 17.8 Å². The van der Waals surface area contributed by atoms with Gasteiger partial charge in [-0.2, -0.15) is 0 Å². The van der Waals surface area contributed by atoms with Gasteiger partial charge in [-0.25, -0.2) is 4.79 Å². The van der Waals surface area contributed by atoms with Crippen LogP contribution in [0.5, 0.6) is 0 Å². The first kappa shape index (κ1) is 19.6. The fourth-order valence-corrected chi connectivity index (χ4v) is 7.36. The second-order valence-electron chi connectivity index (χ2n) is 9.54. The van der Waals surface area contributed by atoms with Crippen LogP contribution in [0.4, 0.5) is 0 Å². The smallest absolute Gasteiger partial charge is 0.338 e. The summed E-state index contributed by atoms with van der Waals surface area (Å²) in [7, 11) is 0. The van der Waals surface area contributed by atoms with Crippen molar-refractivity contribution in [3.8, 4) is 0 Å². The zero-order valence-electron chi connectivity index (χ0n) is 16.1.